The van der Waals surface area contributed by atoms with Gasteiger partial charge in [-0.3, -0.25) is 14.2 Å². The van der Waals surface area contributed by atoms with Crippen LogP contribution in [0.5, 0.6) is 17.2 Å². The summed E-state index contributed by atoms with van der Waals surface area (Å²) in [5.41, 5.74) is 0.466. The molecule has 5 aromatic rings. The second kappa shape index (κ2) is 19.1. The maximum Gasteiger partial charge on any atom is 0.343 e. The number of aryl methyl sites for hydroxylation is 1. The number of hydrogen-bond acceptors (Lipinski definition) is 13. The summed E-state index contributed by atoms with van der Waals surface area (Å²) in [5, 5.41) is 4.78. The van der Waals surface area contributed by atoms with Crippen LogP contribution in [0.25, 0.3) is 11.0 Å². The topological polar surface area (TPSA) is 147 Å². The zero-order valence-electron chi connectivity index (χ0n) is 27.2. The summed E-state index contributed by atoms with van der Waals surface area (Å²) in [6, 6.07) is 7.12. The molecule has 0 aliphatic carbocycles. The molecule has 0 aliphatic rings. The van der Waals surface area contributed by atoms with E-state index in [0.717, 1.165) is 37.1 Å². The van der Waals surface area contributed by atoms with Crippen molar-refractivity contribution in [1.82, 2.24) is 24.5 Å². The summed E-state index contributed by atoms with van der Waals surface area (Å²) in [5.74, 6) is -3.69. The average molecular weight is 735 g/mol. The fraction of sp³-hybridized carbons (Fsp3) is 0.219. The van der Waals surface area contributed by atoms with Crippen LogP contribution in [0.2, 0.25) is 0 Å². The molecule has 2 aromatic carbocycles. The largest absolute Gasteiger partial charge is 0.479 e. The van der Waals surface area contributed by atoms with Crippen LogP contribution in [-0.4, -0.2) is 69.5 Å². The van der Waals surface area contributed by atoms with E-state index in [4.69, 9.17) is 9.47 Å². The van der Waals surface area contributed by atoms with Gasteiger partial charge in [-0.1, -0.05) is 23.5 Å². The van der Waals surface area contributed by atoms with Crippen molar-refractivity contribution >= 4 is 52.6 Å². The smallest absolute Gasteiger partial charge is 0.343 e. The molecule has 12 nitrogen and oxygen atoms in total. The molecule has 0 bridgehead atoms. The third-order valence-electron chi connectivity index (χ3n) is 6.11. The molecule has 0 atom stereocenters. The Kier molecular flexibility index (Phi) is 15.0. The van der Waals surface area contributed by atoms with Crippen molar-refractivity contribution in [2.45, 2.75) is 17.2 Å². The molecule has 264 valence electrons. The van der Waals surface area contributed by atoms with E-state index >= 15 is 0 Å². The summed E-state index contributed by atoms with van der Waals surface area (Å²) in [4.78, 5) is 50.1. The molecule has 18 heteroatoms. The monoisotopic (exact) mass is 734 g/mol. The third kappa shape index (κ3) is 10.9. The molecule has 3 heterocycles. The first-order valence-electron chi connectivity index (χ1n) is 14.2. The molecule has 5 rings (SSSR count). The van der Waals surface area contributed by atoms with Gasteiger partial charge in [0.05, 0.1) is 12.7 Å². The number of aldehydes is 1. The standard InChI is InChI=1S/C15H11F2N3O2S.C9H8F2O3.C8H11N3OS/c1-20-13-8(7-18-15(19-13)23-2)5-12(14(20)21)22-11-4-3-9(16)6-10(11)17;1-13-9(12)5-14-8-3-2-6(10)4-7(8)11;1-3-9-7-6(5-12)4-10-8(11-7)13-2/h3-7H,1-2H3;2-4H,5H2,1H3;4-5H,3H2,1-2H3,(H,9,10,11). The van der Waals surface area contributed by atoms with E-state index in [1.54, 1.807) is 6.20 Å². The minimum atomic E-state index is -0.888. The fourth-order valence-corrected chi connectivity index (χ4v) is 4.38. The molecule has 0 amide bonds. The molecule has 0 radical (unpaired) electrons. The number of carbonyl (C=O) groups excluding carboxylic acids is 2. The highest BCUT2D eigenvalue weighted by Crippen LogP contribution is 2.25. The maximum absolute atomic E-state index is 13.7. The van der Waals surface area contributed by atoms with Gasteiger partial charge in [-0.15, -0.1) is 0 Å². The number of pyridine rings is 1. The third-order valence-corrected chi connectivity index (χ3v) is 7.23. The molecule has 0 aliphatic heterocycles. The Morgan fingerprint density at radius 3 is 2.06 bits per heavy atom. The fourth-order valence-electron chi connectivity index (χ4n) is 3.71. The Bertz CT molecular complexity index is 2020. The molecule has 3 aromatic heterocycles. The number of nitrogens with zero attached hydrogens (tertiary/aromatic N) is 5. The van der Waals surface area contributed by atoms with Crippen molar-refractivity contribution in [2.75, 3.05) is 38.1 Å². The summed E-state index contributed by atoms with van der Waals surface area (Å²) in [6.45, 7) is 2.29. The molecule has 0 unspecified atom stereocenters. The van der Waals surface area contributed by atoms with Gasteiger partial charge in [0.15, 0.2) is 52.1 Å². The van der Waals surface area contributed by atoms with E-state index in [0.29, 0.717) is 44.9 Å². The Balaban J connectivity index is 0.000000217. The molecular weight excluding hydrogens is 705 g/mol. The number of anilines is 1. The zero-order chi connectivity index (χ0) is 36.8. The van der Waals surface area contributed by atoms with E-state index in [1.807, 2.05) is 19.4 Å². The summed E-state index contributed by atoms with van der Waals surface area (Å²) < 4.78 is 67.5. The predicted molar refractivity (Wildman–Crippen MR) is 180 cm³/mol. The van der Waals surface area contributed by atoms with Crippen LogP contribution in [0.4, 0.5) is 23.4 Å². The SMILES string of the molecule is CCNc1nc(SC)ncc1C=O.COC(=O)COc1ccc(F)cc1F.CSc1ncc2cc(Oc3ccc(F)cc3F)c(=O)n(C)c2n1. The van der Waals surface area contributed by atoms with Crippen molar-refractivity contribution in [3.63, 3.8) is 0 Å². The van der Waals surface area contributed by atoms with Crippen molar-refractivity contribution in [1.29, 1.82) is 0 Å². The number of esters is 1. The molecule has 50 heavy (non-hydrogen) atoms. The van der Waals surface area contributed by atoms with E-state index in [-0.39, 0.29) is 17.2 Å². The van der Waals surface area contributed by atoms with Gasteiger partial charge in [0.2, 0.25) is 0 Å². The number of thioether (sulfide) groups is 2. The summed E-state index contributed by atoms with van der Waals surface area (Å²) >= 11 is 2.80. The molecule has 0 saturated heterocycles. The highest BCUT2D eigenvalue weighted by molar-refractivity contribution is 7.98. The number of ether oxygens (including phenoxy) is 3. The highest BCUT2D eigenvalue weighted by atomic mass is 32.2. The molecule has 0 saturated carbocycles. The minimum Gasteiger partial charge on any atom is -0.479 e. The van der Waals surface area contributed by atoms with Gasteiger partial charge >= 0.3 is 5.97 Å². The Morgan fingerprint density at radius 1 is 0.900 bits per heavy atom. The van der Waals surface area contributed by atoms with Gasteiger partial charge in [0.1, 0.15) is 23.1 Å². The average Bonchev–Trinajstić information content (AvgIpc) is 3.11. The summed E-state index contributed by atoms with van der Waals surface area (Å²) in [6.07, 6.45) is 7.56. The number of carbonyl (C=O) groups is 2. The van der Waals surface area contributed by atoms with Crippen molar-refractivity contribution in [3.05, 3.63) is 94.0 Å². The van der Waals surface area contributed by atoms with Gasteiger partial charge in [0.25, 0.3) is 5.56 Å². The quantitative estimate of drug-likeness (QED) is 0.0582. The Hall–Kier alpha value is -5.23. The van der Waals surface area contributed by atoms with Crippen molar-refractivity contribution in [3.8, 4) is 17.2 Å². The Morgan fingerprint density at radius 2 is 1.50 bits per heavy atom. The molecule has 0 spiro atoms. The maximum atomic E-state index is 13.7. The lowest BCUT2D eigenvalue weighted by molar-refractivity contribution is -0.142. The van der Waals surface area contributed by atoms with Crippen LogP contribution < -0.4 is 20.3 Å². The normalized spacial score (nSPS) is 10.3. The summed E-state index contributed by atoms with van der Waals surface area (Å²) in [7, 11) is 2.72. The van der Waals surface area contributed by atoms with Crippen LogP contribution in [-0.2, 0) is 16.6 Å². The van der Waals surface area contributed by atoms with Gasteiger partial charge in [-0.05, 0) is 49.8 Å². The van der Waals surface area contributed by atoms with E-state index in [2.05, 4.69) is 30.0 Å². The number of aromatic nitrogens is 5. The first kappa shape index (κ1) is 39.2. The Labute approximate surface area is 291 Å². The van der Waals surface area contributed by atoms with Crippen LogP contribution in [0, 0.1) is 23.3 Å². The number of hydrogen-bond donors (Lipinski definition) is 1. The number of nitrogens with one attached hydrogen (secondary N) is 1. The number of rotatable bonds is 10. The number of halogens is 4. The molecule has 1 N–H and O–H groups in total. The van der Waals surface area contributed by atoms with E-state index < -0.39 is 41.4 Å². The predicted octanol–water partition coefficient (Wildman–Crippen LogP) is 6.08. The molecule has 0 fully saturated rings. The minimum absolute atomic E-state index is 0.0917. The number of methoxy groups -OCH3 is 1. The van der Waals surface area contributed by atoms with E-state index in [1.165, 1.54) is 54.5 Å². The second-order valence-corrected chi connectivity index (χ2v) is 11.0. The van der Waals surface area contributed by atoms with Crippen LogP contribution in [0.15, 0.2) is 70.0 Å². The lowest BCUT2D eigenvalue weighted by atomic mass is 10.3. The molecular formula is C32H30F4N6O6S2. The van der Waals surface area contributed by atoms with Crippen LogP contribution in [0.1, 0.15) is 17.3 Å². The van der Waals surface area contributed by atoms with Gasteiger partial charge in [-0.25, -0.2) is 42.3 Å². The first-order valence-corrected chi connectivity index (χ1v) is 16.7. The first-order chi connectivity index (χ1) is 23.9. The van der Waals surface area contributed by atoms with Gasteiger partial charge in [-0.2, -0.15) is 0 Å². The van der Waals surface area contributed by atoms with Crippen LogP contribution in [0.3, 0.4) is 0 Å². The number of benzene rings is 2. The second-order valence-electron chi connectivity index (χ2n) is 9.43. The van der Waals surface area contributed by atoms with E-state index in [9.17, 15) is 31.9 Å². The van der Waals surface area contributed by atoms with Gasteiger partial charge in [0, 0.05) is 43.5 Å². The zero-order valence-corrected chi connectivity index (χ0v) is 28.8. The lowest BCUT2D eigenvalue weighted by Crippen LogP contribution is -2.19. The lowest BCUT2D eigenvalue weighted by Gasteiger charge is -2.10. The number of fused-ring (bicyclic) bond motifs is 1. The highest BCUT2D eigenvalue weighted by Gasteiger charge is 2.14. The van der Waals surface area contributed by atoms with Crippen LogP contribution >= 0.6 is 23.5 Å². The van der Waals surface area contributed by atoms with Gasteiger partial charge < -0.3 is 19.5 Å². The van der Waals surface area contributed by atoms with Crippen molar-refractivity contribution in [2.24, 2.45) is 7.05 Å². The van der Waals surface area contributed by atoms with Crippen molar-refractivity contribution < 1.29 is 41.4 Å².